The molecule has 0 spiro atoms. The zero-order valence-corrected chi connectivity index (χ0v) is 8.58. The van der Waals surface area contributed by atoms with Crippen LogP contribution >= 0.6 is 0 Å². The molecule has 1 aromatic rings. The molecule has 0 bridgehead atoms. The van der Waals surface area contributed by atoms with Crippen LogP contribution in [0.15, 0.2) is 12.1 Å². The van der Waals surface area contributed by atoms with Gasteiger partial charge in [0.15, 0.2) is 0 Å². The van der Waals surface area contributed by atoms with Gasteiger partial charge in [-0.1, -0.05) is 6.92 Å². The number of Topliss-reactive ketones (excluding diaryl/α,β-unsaturated/α-hetero) is 1. The maximum atomic E-state index is 10.7. The van der Waals surface area contributed by atoms with Gasteiger partial charge in [0.25, 0.3) is 0 Å². The maximum absolute atomic E-state index is 10.7. The highest BCUT2D eigenvalue weighted by atomic mass is 16.1. The highest BCUT2D eigenvalue weighted by Crippen LogP contribution is 2.02. The fourth-order valence-electron chi connectivity index (χ4n) is 1.01. The topological polar surface area (TPSA) is 54.9 Å². The van der Waals surface area contributed by atoms with Crippen molar-refractivity contribution < 1.29 is 4.79 Å². The fourth-order valence-corrected chi connectivity index (χ4v) is 1.01. The van der Waals surface area contributed by atoms with E-state index in [-0.39, 0.29) is 5.78 Å². The molecule has 0 amide bonds. The summed E-state index contributed by atoms with van der Waals surface area (Å²) >= 11 is 0. The number of carbonyl (C=O) groups is 1. The first-order valence-corrected chi connectivity index (χ1v) is 4.78. The minimum Gasteiger partial charge on any atom is -0.368 e. The van der Waals surface area contributed by atoms with E-state index < -0.39 is 0 Å². The standard InChI is InChI=1S/C10H15N3O/c1-3-9-4-5-10(13-12-9)11-7-6-8(2)14/h4-5H,3,6-7H2,1-2H3,(H,11,13). The Morgan fingerprint density at radius 2 is 2.21 bits per heavy atom. The molecule has 1 heterocycles. The summed E-state index contributed by atoms with van der Waals surface area (Å²) in [6, 6.07) is 3.81. The lowest BCUT2D eigenvalue weighted by Gasteiger charge is -2.03. The number of hydrogen-bond acceptors (Lipinski definition) is 4. The Morgan fingerprint density at radius 1 is 1.43 bits per heavy atom. The number of hydrogen-bond donors (Lipinski definition) is 1. The van der Waals surface area contributed by atoms with E-state index in [4.69, 9.17) is 0 Å². The predicted molar refractivity (Wildman–Crippen MR) is 55.2 cm³/mol. The first-order valence-electron chi connectivity index (χ1n) is 4.78. The molecule has 1 aromatic heterocycles. The lowest BCUT2D eigenvalue weighted by molar-refractivity contribution is -0.116. The van der Waals surface area contributed by atoms with Gasteiger partial charge in [-0.25, -0.2) is 0 Å². The van der Waals surface area contributed by atoms with Gasteiger partial charge in [0.1, 0.15) is 11.6 Å². The van der Waals surface area contributed by atoms with Gasteiger partial charge in [0.2, 0.25) is 0 Å². The van der Waals surface area contributed by atoms with E-state index in [0.29, 0.717) is 13.0 Å². The van der Waals surface area contributed by atoms with Crippen molar-refractivity contribution in [2.75, 3.05) is 11.9 Å². The van der Waals surface area contributed by atoms with Crippen LogP contribution in [0.2, 0.25) is 0 Å². The summed E-state index contributed by atoms with van der Waals surface area (Å²) < 4.78 is 0. The van der Waals surface area contributed by atoms with Crippen molar-refractivity contribution >= 4 is 11.6 Å². The van der Waals surface area contributed by atoms with Gasteiger partial charge in [0.05, 0.1) is 5.69 Å². The molecule has 0 atom stereocenters. The Balaban J connectivity index is 2.40. The number of aromatic nitrogens is 2. The van der Waals surface area contributed by atoms with Crippen LogP contribution in [0.5, 0.6) is 0 Å². The Bertz CT molecular complexity index is 295. The van der Waals surface area contributed by atoms with Crippen molar-refractivity contribution in [3.63, 3.8) is 0 Å². The largest absolute Gasteiger partial charge is 0.368 e. The third kappa shape index (κ3) is 3.51. The Hall–Kier alpha value is -1.45. The normalized spacial score (nSPS) is 9.86. The van der Waals surface area contributed by atoms with E-state index in [1.165, 1.54) is 0 Å². The third-order valence-corrected chi connectivity index (χ3v) is 1.87. The Morgan fingerprint density at radius 3 is 2.71 bits per heavy atom. The molecule has 76 valence electrons. The number of aryl methyl sites for hydroxylation is 1. The minimum absolute atomic E-state index is 0.177. The van der Waals surface area contributed by atoms with Crippen molar-refractivity contribution in [1.29, 1.82) is 0 Å². The van der Waals surface area contributed by atoms with E-state index in [1.54, 1.807) is 6.92 Å². The van der Waals surface area contributed by atoms with Crippen molar-refractivity contribution in [3.8, 4) is 0 Å². The molecule has 0 aliphatic heterocycles. The van der Waals surface area contributed by atoms with E-state index in [0.717, 1.165) is 17.9 Å². The molecule has 0 radical (unpaired) electrons. The Labute approximate surface area is 83.7 Å². The van der Waals surface area contributed by atoms with Gasteiger partial charge in [-0.05, 0) is 25.5 Å². The van der Waals surface area contributed by atoms with Crippen molar-refractivity contribution in [2.24, 2.45) is 0 Å². The quantitative estimate of drug-likeness (QED) is 0.768. The molecule has 0 saturated heterocycles. The van der Waals surface area contributed by atoms with Crippen LogP contribution in [0.3, 0.4) is 0 Å². The van der Waals surface area contributed by atoms with Crippen molar-refractivity contribution in [3.05, 3.63) is 17.8 Å². The molecule has 14 heavy (non-hydrogen) atoms. The fraction of sp³-hybridized carbons (Fsp3) is 0.500. The molecular formula is C10H15N3O. The molecule has 4 nitrogen and oxygen atoms in total. The second-order valence-electron chi connectivity index (χ2n) is 3.14. The highest BCUT2D eigenvalue weighted by molar-refractivity contribution is 5.75. The highest BCUT2D eigenvalue weighted by Gasteiger charge is 1.96. The van der Waals surface area contributed by atoms with Crippen LogP contribution in [0, 0.1) is 0 Å². The summed E-state index contributed by atoms with van der Waals surface area (Å²) in [5.74, 6) is 0.902. The SMILES string of the molecule is CCc1ccc(NCCC(C)=O)nn1. The summed E-state index contributed by atoms with van der Waals surface area (Å²) in [4.78, 5) is 10.7. The average Bonchev–Trinajstić information content (AvgIpc) is 2.18. The summed E-state index contributed by atoms with van der Waals surface area (Å²) in [5.41, 5.74) is 0.974. The van der Waals surface area contributed by atoms with Crippen molar-refractivity contribution in [1.82, 2.24) is 10.2 Å². The first-order chi connectivity index (χ1) is 6.72. The maximum Gasteiger partial charge on any atom is 0.148 e. The second-order valence-corrected chi connectivity index (χ2v) is 3.14. The number of nitrogens with one attached hydrogen (secondary N) is 1. The first kappa shape index (κ1) is 10.6. The van der Waals surface area contributed by atoms with Crippen LogP contribution in [-0.4, -0.2) is 22.5 Å². The summed E-state index contributed by atoms with van der Waals surface area (Å²) in [6.07, 6.45) is 1.41. The summed E-state index contributed by atoms with van der Waals surface area (Å²) in [7, 11) is 0. The zero-order chi connectivity index (χ0) is 10.4. The molecule has 0 aliphatic carbocycles. The molecule has 0 fully saturated rings. The molecule has 0 aliphatic rings. The monoisotopic (exact) mass is 193 g/mol. The van der Waals surface area contributed by atoms with Gasteiger partial charge in [-0.15, -0.1) is 5.10 Å². The average molecular weight is 193 g/mol. The second kappa shape index (κ2) is 5.32. The molecule has 0 saturated carbocycles. The molecular weight excluding hydrogens is 178 g/mol. The molecule has 1 rings (SSSR count). The minimum atomic E-state index is 0.177. The van der Waals surface area contributed by atoms with Gasteiger partial charge in [0, 0.05) is 13.0 Å². The predicted octanol–water partition coefficient (Wildman–Crippen LogP) is 1.43. The number of carbonyl (C=O) groups excluding carboxylic acids is 1. The summed E-state index contributed by atoms with van der Waals surface area (Å²) in [5, 5.41) is 11.0. The lowest BCUT2D eigenvalue weighted by Crippen LogP contribution is -2.07. The van der Waals surface area contributed by atoms with Crippen LogP contribution in [0.25, 0.3) is 0 Å². The smallest absolute Gasteiger partial charge is 0.148 e. The van der Waals surface area contributed by atoms with Gasteiger partial charge < -0.3 is 5.32 Å². The molecule has 4 heteroatoms. The summed E-state index contributed by atoms with van der Waals surface area (Å²) in [6.45, 7) is 4.23. The van der Waals surface area contributed by atoms with Crippen LogP contribution in [-0.2, 0) is 11.2 Å². The number of anilines is 1. The zero-order valence-electron chi connectivity index (χ0n) is 8.58. The van der Waals surface area contributed by atoms with Gasteiger partial charge in [-0.2, -0.15) is 5.10 Å². The molecule has 1 N–H and O–H groups in total. The van der Waals surface area contributed by atoms with Crippen LogP contribution < -0.4 is 5.32 Å². The van der Waals surface area contributed by atoms with E-state index in [9.17, 15) is 4.79 Å². The lowest BCUT2D eigenvalue weighted by atomic mass is 10.3. The van der Waals surface area contributed by atoms with E-state index in [1.807, 2.05) is 19.1 Å². The number of rotatable bonds is 5. The third-order valence-electron chi connectivity index (χ3n) is 1.87. The Kier molecular flexibility index (Phi) is 4.04. The van der Waals surface area contributed by atoms with Gasteiger partial charge >= 0.3 is 0 Å². The van der Waals surface area contributed by atoms with Crippen molar-refractivity contribution in [2.45, 2.75) is 26.7 Å². The number of ketones is 1. The van der Waals surface area contributed by atoms with Crippen LogP contribution in [0.1, 0.15) is 26.0 Å². The van der Waals surface area contributed by atoms with E-state index in [2.05, 4.69) is 15.5 Å². The number of nitrogens with zero attached hydrogens (tertiary/aromatic N) is 2. The molecule has 0 unspecified atom stereocenters. The van der Waals surface area contributed by atoms with Crippen LogP contribution in [0.4, 0.5) is 5.82 Å². The van der Waals surface area contributed by atoms with E-state index >= 15 is 0 Å². The molecule has 0 aromatic carbocycles. The van der Waals surface area contributed by atoms with Gasteiger partial charge in [-0.3, -0.25) is 4.79 Å².